The van der Waals surface area contributed by atoms with E-state index in [0.29, 0.717) is 0 Å². The van der Waals surface area contributed by atoms with Gasteiger partial charge in [-0.3, -0.25) is 4.79 Å². The molecule has 0 saturated carbocycles. The molecule has 0 heterocycles. The van der Waals surface area contributed by atoms with E-state index >= 15 is 0 Å². The van der Waals surface area contributed by atoms with Gasteiger partial charge in [0.05, 0.1) is 11.6 Å². The van der Waals surface area contributed by atoms with Gasteiger partial charge in [-0.25, -0.2) is 4.39 Å². The lowest BCUT2D eigenvalue weighted by Gasteiger charge is -2.05. The Morgan fingerprint density at radius 3 is 2.69 bits per heavy atom. The molecule has 1 aromatic carbocycles. The normalized spacial score (nSPS) is 11.8. The molecule has 0 saturated heterocycles. The zero-order chi connectivity index (χ0) is 9.84. The Morgan fingerprint density at radius 2 is 2.15 bits per heavy atom. The highest BCUT2D eigenvalue weighted by atomic mass is 19.1. The number of ketones is 1. The Bertz CT molecular complexity index is 367. The van der Waals surface area contributed by atoms with Gasteiger partial charge in [-0.2, -0.15) is 5.26 Å². The maximum atomic E-state index is 13.2. The van der Waals surface area contributed by atoms with Crippen molar-refractivity contribution in [3.8, 4) is 6.07 Å². The molecule has 0 spiro atoms. The summed E-state index contributed by atoms with van der Waals surface area (Å²) in [6, 6.07) is 8.02. The van der Waals surface area contributed by atoms with E-state index in [-0.39, 0.29) is 11.1 Å². The molecule has 0 amide bonds. The lowest BCUT2D eigenvalue weighted by Crippen LogP contribution is -2.04. The number of hydrogen-bond acceptors (Lipinski definition) is 2. The van der Waals surface area contributed by atoms with Crippen LogP contribution < -0.4 is 0 Å². The van der Waals surface area contributed by atoms with Gasteiger partial charge in [0.15, 0.2) is 12.0 Å². The fraction of sp³-hybridized carbons (Fsp3) is 0.200. The van der Waals surface area contributed by atoms with E-state index in [9.17, 15) is 9.18 Å². The van der Waals surface area contributed by atoms with Crippen LogP contribution in [0.1, 0.15) is 24.2 Å². The number of nitrogens with zero attached hydrogens (tertiary/aromatic N) is 1. The molecular formula is C10H8FNO. The van der Waals surface area contributed by atoms with Crippen LogP contribution in [0.5, 0.6) is 0 Å². The second-order valence-corrected chi connectivity index (χ2v) is 2.67. The average molecular weight is 177 g/mol. The maximum absolute atomic E-state index is 13.2. The molecule has 3 heteroatoms. The molecule has 1 atom stereocenters. The summed E-state index contributed by atoms with van der Waals surface area (Å²) in [7, 11) is 0. The van der Waals surface area contributed by atoms with Crippen molar-refractivity contribution in [2.45, 2.75) is 13.1 Å². The molecule has 0 bridgehead atoms. The minimum absolute atomic E-state index is 0.150. The number of benzene rings is 1. The number of Topliss-reactive ketones (excluding diaryl/α,β-unsaturated/α-hetero) is 1. The highest BCUT2D eigenvalue weighted by Gasteiger charge is 2.17. The van der Waals surface area contributed by atoms with Crippen molar-refractivity contribution < 1.29 is 9.18 Å². The minimum Gasteiger partial charge on any atom is -0.296 e. The molecule has 0 aliphatic rings. The van der Waals surface area contributed by atoms with Gasteiger partial charge in [-0.1, -0.05) is 18.2 Å². The molecular weight excluding hydrogens is 169 g/mol. The topological polar surface area (TPSA) is 40.9 Å². The third-order valence-corrected chi connectivity index (χ3v) is 1.71. The summed E-state index contributed by atoms with van der Waals surface area (Å²) in [5.74, 6) is -0.581. The van der Waals surface area contributed by atoms with Crippen LogP contribution in [0, 0.1) is 11.3 Å². The van der Waals surface area contributed by atoms with Gasteiger partial charge >= 0.3 is 0 Å². The lowest BCUT2D eigenvalue weighted by atomic mass is 10.0. The molecule has 1 rings (SSSR count). The van der Waals surface area contributed by atoms with Gasteiger partial charge in [0, 0.05) is 5.56 Å². The predicted octanol–water partition coefficient (Wildman–Crippen LogP) is 2.16. The zero-order valence-electron chi connectivity index (χ0n) is 7.12. The molecule has 13 heavy (non-hydrogen) atoms. The number of alkyl halides is 1. The molecule has 0 N–H and O–H groups in total. The minimum atomic E-state index is -1.68. The third-order valence-electron chi connectivity index (χ3n) is 1.71. The van der Waals surface area contributed by atoms with Gasteiger partial charge < -0.3 is 0 Å². The van der Waals surface area contributed by atoms with Crippen LogP contribution in [0.2, 0.25) is 0 Å². The second kappa shape index (κ2) is 3.81. The van der Waals surface area contributed by atoms with E-state index in [1.807, 2.05) is 6.07 Å². The molecule has 2 nitrogen and oxygen atoms in total. The van der Waals surface area contributed by atoms with E-state index in [1.54, 1.807) is 12.1 Å². The van der Waals surface area contributed by atoms with E-state index in [2.05, 4.69) is 0 Å². The number of hydrogen-bond donors (Lipinski definition) is 0. The highest BCUT2D eigenvalue weighted by Crippen LogP contribution is 2.21. The van der Waals surface area contributed by atoms with E-state index < -0.39 is 12.0 Å². The van der Waals surface area contributed by atoms with Gasteiger partial charge in [0.2, 0.25) is 0 Å². The second-order valence-electron chi connectivity index (χ2n) is 2.67. The zero-order valence-corrected chi connectivity index (χ0v) is 7.12. The summed E-state index contributed by atoms with van der Waals surface area (Å²) in [5, 5.41) is 8.62. The van der Waals surface area contributed by atoms with Crippen molar-refractivity contribution >= 4 is 5.78 Å². The van der Waals surface area contributed by atoms with Crippen LogP contribution in [0.15, 0.2) is 24.3 Å². The van der Waals surface area contributed by atoms with Crippen LogP contribution in [-0.4, -0.2) is 5.78 Å². The Balaban J connectivity index is 3.15. The standard InChI is InChI=1S/C10H8FNO/c1-7(13)10(11)9-5-3-2-4-8(9)6-12/h2-5,10H,1H3. The van der Waals surface area contributed by atoms with Gasteiger partial charge in [-0.05, 0) is 13.0 Å². The highest BCUT2D eigenvalue weighted by molar-refractivity contribution is 5.82. The molecule has 0 aliphatic heterocycles. The van der Waals surface area contributed by atoms with E-state index in [4.69, 9.17) is 5.26 Å². The number of carbonyl (C=O) groups excluding carboxylic acids is 1. The largest absolute Gasteiger partial charge is 0.296 e. The van der Waals surface area contributed by atoms with Crippen LogP contribution >= 0.6 is 0 Å². The predicted molar refractivity (Wildman–Crippen MR) is 45.7 cm³/mol. The van der Waals surface area contributed by atoms with Crippen molar-refractivity contribution in [3.05, 3.63) is 35.4 Å². The Morgan fingerprint density at radius 1 is 1.54 bits per heavy atom. The first-order valence-corrected chi connectivity index (χ1v) is 3.80. The molecule has 66 valence electrons. The van der Waals surface area contributed by atoms with Crippen LogP contribution in [0.4, 0.5) is 4.39 Å². The maximum Gasteiger partial charge on any atom is 0.184 e. The smallest absolute Gasteiger partial charge is 0.184 e. The third kappa shape index (κ3) is 1.91. The number of nitriles is 1. The number of rotatable bonds is 2. The first-order valence-electron chi connectivity index (χ1n) is 3.80. The molecule has 0 aromatic heterocycles. The lowest BCUT2D eigenvalue weighted by molar-refractivity contribution is -0.121. The summed E-state index contributed by atoms with van der Waals surface area (Å²) >= 11 is 0. The summed E-state index contributed by atoms with van der Waals surface area (Å²) in [6.07, 6.45) is -1.68. The van der Waals surface area contributed by atoms with Crippen LogP contribution in [0.3, 0.4) is 0 Å². The van der Waals surface area contributed by atoms with Gasteiger partial charge in [0.1, 0.15) is 0 Å². The van der Waals surface area contributed by atoms with Crippen LogP contribution in [0.25, 0.3) is 0 Å². The average Bonchev–Trinajstić information content (AvgIpc) is 2.16. The van der Waals surface area contributed by atoms with Crippen molar-refractivity contribution in [2.75, 3.05) is 0 Å². The van der Waals surface area contributed by atoms with Crippen LogP contribution in [-0.2, 0) is 4.79 Å². The Kier molecular flexibility index (Phi) is 2.76. The first kappa shape index (κ1) is 9.40. The number of carbonyl (C=O) groups is 1. The summed E-state index contributed by atoms with van der Waals surface area (Å²) in [5.41, 5.74) is 0.364. The molecule has 1 unspecified atom stereocenters. The van der Waals surface area contributed by atoms with Gasteiger partial charge in [-0.15, -0.1) is 0 Å². The Labute approximate surface area is 75.6 Å². The quantitative estimate of drug-likeness (QED) is 0.694. The number of halogens is 1. The molecule has 0 aliphatic carbocycles. The van der Waals surface area contributed by atoms with Crippen molar-refractivity contribution in [2.24, 2.45) is 0 Å². The SMILES string of the molecule is CC(=O)C(F)c1ccccc1C#N. The monoisotopic (exact) mass is 177 g/mol. The molecule has 1 aromatic rings. The van der Waals surface area contributed by atoms with Crippen molar-refractivity contribution in [1.29, 1.82) is 5.26 Å². The Hall–Kier alpha value is -1.69. The molecule has 0 fully saturated rings. The first-order chi connectivity index (χ1) is 6.16. The van der Waals surface area contributed by atoms with Gasteiger partial charge in [0.25, 0.3) is 0 Å². The van der Waals surface area contributed by atoms with Crippen molar-refractivity contribution in [1.82, 2.24) is 0 Å². The van der Waals surface area contributed by atoms with E-state index in [1.165, 1.54) is 19.1 Å². The summed E-state index contributed by atoms with van der Waals surface area (Å²) in [4.78, 5) is 10.7. The van der Waals surface area contributed by atoms with Crippen molar-refractivity contribution in [3.63, 3.8) is 0 Å². The summed E-state index contributed by atoms with van der Waals surface area (Å²) in [6.45, 7) is 1.17. The van der Waals surface area contributed by atoms with E-state index in [0.717, 1.165) is 0 Å². The fourth-order valence-electron chi connectivity index (χ4n) is 1.04. The molecule has 0 radical (unpaired) electrons. The summed E-state index contributed by atoms with van der Waals surface area (Å²) < 4.78 is 13.2. The fourth-order valence-corrected chi connectivity index (χ4v) is 1.04.